The Morgan fingerprint density at radius 3 is 1.07 bits per heavy atom. The molecule has 0 amide bonds. The van der Waals surface area contributed by atoms with Crippen LogP contribution in [0.25, 0.3) is 0 Å². The molecule has 1 rings (SSSR count). The molecule has 1 heterocycles. The van der Waals surface area contributed by atoms with E-state index < -0.39 is 0 Å². The number of rotatable bonds is 0. The van der Waals surface area contributed by atoms with Crippen molar-refractivity contribution in [2.24, 2.45) is 0 Å². The molecule has 0 saturated carbocycles. The summed E-state index contributed by atoms with van der Waals surface area (Å²) in [6.45, 7) is 6.76. The smallest absolute Gasteiger partial charge is 0.00772 e. The molecule has 0 radical (unpaired) electrons. The molecule has 0 aromatic carbocycles. The van der Waals surface area contributed by atoms with Gasteiger partial charge in [-0.3, -0.25) is 0 Å². The van der Waals surface area contributed by atoms with Crippen LogP contribution in [-0.2, 0) is 0 Å². The molecule has 1 saturated heterocycles. The third kappa shape index (κ3) is 12.8. The molecule has 0 atom stereocenters. The Hall–Kier alpha value is 0.750. The number of halogens is 3. The summed E-state index contributed by atoms with van der Waals surface area (Å²) >= 11 is 0. The van der Waals surface area contributed by atoms with Gasteiger partial charge in [0.05, 0.1) is 0 Å². The molecule has 90 valence electrons. The summed E-state index contributed by atoms with van der Waals surface area (Å²) in [4.78, 5) is 0. The van der Waals surface area contributed by atoms with Crippen molar-refractivity contribution in [1.82, 2.24) is 16.0 Å². The zero-order chi connectivity index (χ0) is 7.78. The van der Waals surface area contributed by atoms with E-state index >= 15 is 0 Å². The molecule has 0 spiro atoms. The largest absolute Gasteiger partial charge is 0.315 e. The Bertz CT molecular complexity index is 57.8. The molecule has 1 aliphatic rings. The molecule has 1 fully saturated rings. The van der Waals surface area contributed by atoms with Crippen LogP contribution >= 0.6 is 37.2 Å². The maximum atomic E-state index is 3.39. The molecule has 1 aliphatic heterocycles. The summed E-state index contributed by atoms with van der Waals surface area (Å²) in [6.07, 6.45) is 2.60. The highest BCUT2D eigenvalue weighted by Gasteiger charge is 1.92. The van der Waals surface area contributed by atoms with Crippen molar-refractivity contribution in [3.05, 3.63) is 0 Å². The Morgan fingerprint density at radius 2 is 0.714 bits per heavy atom. The van der Waals surface area contributed by atoms with Gasteiger partial charge >= 0.3 is 0 Å². The third-order valence-corrected chi connectivity index (χ3v) is 1.91. The minimum Gasteiger partial charge on any atom is -0.315 e. The van der Waals surface area contributed by atoms with Gasteiger partial charge in [-0.25, -0.2) is 0 Å². The lowest BCUT2D eigenvalue weighted by molar-refractivity contribution is 0.608. The topological polar surface area (TPSA) is 36.1 Å². The molecule has 0 unspecified atom stereocenters. The van der Waals surface area contributed by atoms with Gasteiger partial charge in [0.25, 0.3) is 0 Å². The van der Waals surface area contributed by atoms with Gasteiger partial charge < -0.3 is 16.0 Å². The third-order valence-electron chi connectivity index (χ3n) is 1.91. The minimum absolute atomic E-state index is 0. The van der Waals surface area contributed by atoms with Crippen molar-refractivity contribution >= 4 is 37.2 Å². The lowest BCUT2D eigenvalue weighted by Crippen LogP contribution is -2.31. The van der Waals surface area contributed by atoms with Gasteiger partial charge in [-0.15, -0.1) is 37.2 Å². The molecule has 0 aromatic heterocycles. The van der Waals surface area contributed by atoms with E-state index in [0.717, 1.165) is 26.2 Å². The van der Waals surface area contributed by atoms with Crippen LogP contribution in [0.3, 0.4) is 0 Å². The van der Waals surface area contributed by atoms with Crippen molar-refractivity contribution in [2.45, 2.75) is 12.8 Å². The predicted molar refractivity (Wildman–Crippen MR) is 69.6 cm³/mol. The number of nitrogens with one attached hydrogen (secondary N) is 3. The predicted octanol–water partition coefficient (Wildman–Crippen LogP) is 0.814. The van der Waals surface area contributed by atoms with Crippen molar-refractivity contribution in [3.63, 3.8) is 0 Å². The van der Waals surface area contributed by atoms with Crippen LogP contribution in [-0.4, -0.2) is 39.3 Å². The highest BCUT2D eigenvalue weighted by molar-refractivity contribution is 5.86. The first-order valence-electron chi connectivity index (χ1n) is 4.62. The van der Waals surface area contributed by atoms with Crippen molar-refractivity contribution < 1.29 is 0 Å². The second-order valence-electron chi connectivity index (χ2n) is 2.96. The Kier molecular flexibility index (Phi) is 23.4. The van der Waals surface area contributed by atoms with Gasteiger partial charge in [0.1, 0.15) is 0 Å². The summed E-state index contributed by atoms with van der Waals surface area (Å²) in [5.74, 6) is 0. The van der Waals surface area contributed by atoms with Crippen LogP contribution < -0.4 is 16.0 Å². The quantitative estimate of drug-likeness (QED) is 0.607. The SMILES string of the molecule is C1CCNCCNCCNC1.Cl.Cl.Cl. The molecule has 14 heavy (non-hydrogen) atoms. The average molecular weight is 267 g/mol. The summed E-state index contributed by atoms with van der Waals surface area (Å²) < 4.78 is 0. The van der Waals surface area contributed by atoms with E-state index in [1.165, 1.54) is 25.9 Å². The normalized spacial score (nSPS) is 18.9. The van der Waals surface area contributed by atoms with Crippen LogP contribution in [0.5, 0.6) is 0 Å². The van der Waals surface area contributed by atoms with E-state index in [1.807, 2.05) is 0 Å². The summed E-state index contributed by atoms with van der Waals surface area (Å²) in [5.41, 5.74) is 0. The van der Waals surface area contributed by atoms with E-state index in [4.69, 9.17) is 0 Å². The van der Waals surface area contributed by atoms with E-state index in [9.17, 15) is 0 Å². The van der Waals surface area contributed by atoms with Gasteiger partial charge in [0, 0.05) is 26.2 Å². The lowest BCUT2D eigenvalue weighted by atomic mass is 10.3. The van der Waals surface area contributed by atoms with Gasteiger partial charge in [-0.05, 0) is 25.9 Å². The summed E-state index contributed by atoms with van der Waals surface area (Å²) in [5, 5.41) is 10.1. The molecule has 0 aromatic rings. The second-order valence-corrected chi connectivity index (χ2v) is 2.96. The number of hydrogen-bond donors (Lipinski definition) is 3. The van der Waals surface area contributed by atoms with Crippen LogP contribution in [0.4, 0.5) is 0 Å². The van der Waals surface area contributed by atoms with Crippen molar-refractivity contribution in [3.8, 4) is 0 Å². The molecule has 3 N–H and O–H groups in total. The highest BCUT2D eigenvalue weighted by atomic mass is 35.5. The molecular formula is C8H22Cl3N3. The Labute approximate surface area is 105 Å². The molecule has 3 nitrogen and oxygen atoms in total. The minimum atomic E-state index is 0. The van der Waals surface area contributed by atoms with Gasteiger partial charge in [0.2, 0.25) is 0 Å². The Morgan fingerprint density at radius 1 is 0.429 bits per heavy atom. The van der Waals surface area contributed by atoms with Crippen molar-refractivity contribution in [2.75, 3.05) is 39.3 Å². The van der Waals surface area contributed by atoms with Crippen LogP contribution in [0.2, 0.25) is 0 Å². The zero-order valence-electron chi connectivity index (χ0n) is 8.38. The van der Waals surface area contributed by atoms with E-state index in [2.05, 4.69) is 16.0 Å². The first kappa shape index (κ1) is 20.2. The van der Waals surface area contributed by atoms with E-state index in [-0.39, 0.29) is 37.2 Å². The van der Waals surface area contributed by atoms with Gasteiger partial charge in [0.15, 0.2) is 0 Å². The standard InChI is InChI=1S/C8H19N3.3ClH/c1-2-4-10-6-8-11-7-5-9-3-1;;;/h9-11H,1-8H2;3*1H. The lowest BCUT2D eigenvalue weighted by Gasteiger charge is -2.03. The first-order chi connectivity index (χ1) is 5.50. The fourth-order valence-electron chi connectivity index (χ4n) is 1.23. The molecule has 0 aliphatic carbocycles. The first-order valence-corrected chi connectivity index (χ1v) is 4.62. The summed E-state index contributed by atoms with van der Waals surface area (Å²) in [6, 6.07) is 0. The molecular weight excluding hydrogens is 244 g/mol. The zero-order valence-corrected chi connectivity index (χ0v) is 10.8. The fraction of sp³-hybridized carbons (Fsp3) is 1.00. The van der Waals surface area contributed by atoms with E-state index in [0.29, 0.717) is 0 Å². The summed E-state index contributed by atoms with van der Waals surface area (Å²) in [7, 11) is 0. The van der Waals surface area contributed by atoms with Crippen LogP contribution in [0.1, 0.15) is 12.8 Å². The Balaban J connectivity index is -0.000000403. The maximum Gasteiger partial charge on any atom is 0.00772 e. The van der Waals surface area contributed by atoms with Gasteiger partial charge in [-0.2, -0.15) is 0 Å². The van der Waals surface area contributed by atoms with Crippen molar-refractivity contribution in [1.29, 1.82) is 0 Å². The molecule has 0 bridgehead atoms. The highest BCUT2D eigenvalue weighted by Crippen LogP contribution is 1.84. The average Bonchev–Trinajstić information content (AvgIpc) is 2.08. The maximum absolute atomic E-state index is 3.39. The number of hydrogen-bond acceptors (Lipinski definition) is 3. The second kappa shape index (κ2) is 16.2. The van der Waals surface area contributed by atoms with Gasteiger partial charge in [-0.1, -0.05) is 0 Å². The fourth-order valence-corrected chi connectivity index (χ4v) is 1.23. The van der Waals surface area contributed by atoms with Crippen LogP contribution in [0, 0.1) is 0 Å². The molecule has 6 heteroatoms. The monoisotopic (exact) mass is 265 g/mol. The van der Waals surface area contributed by atoms with Crippen LogP contribution in [0.15, 0.2) is 0 Å². The van der Waals surface area contributed by atoms with E-state index in [1.54, 1.807) is 0 Å².